The molecule has 0 aliphatic carbocycles. The first-order valence-corrected chi connectivity index (χ1v) is 5.20. The summed E-state index contributed by atoms with van der Waals surface area (Å²) in [6.07, 6.45) is 1.59. The van der Waals surface area contributed by atoms with Crippen LogP contribution in [0.25, 0.3) is 0 Å². The Balaban J connectivity index is 1.99. The monoisotopic (exact) mass is 198 g/mol. The van der Waals surface area contributed by atoms with Gasteiger partial charge >= 0.3 is 0 Å². The van der Waals surface area contributed by atoms with E-state index in [1.165, 1.54) is 11.5 Å². The first kappa shape index (κ1) is 8.90. The predicted octanol–water partition coefficient (Wildman–Crippen LogP) is 0.712. The third-order valence-electron chi connectivity index (χ3n) is 2.74. The summed E-state index contributed by atoms with van der Waals surface area (Å²) in [6.45, 7) is 6.13. The highest BCUT2D eigenvalue weighted by Gasteiger charge is 2.42. The van der Waals surface area contributed by atoms with Gasteiger partial charge in [-0.05, 0) is 5.92 Å². The van der Waals surface area contributed by atoms with Gasteiger partial charge in [0, 0.05) is 24.6 Å². The van der Waals surface area contributed by atoms with Crippen molar-refractivity contribution in [2.75, 3.05) is 18.0 Å². The number of aromatic nitrogens is 2. The summed E-state index contributed by atoms with van der Waals surface area (Å²) in [5, 5.41) is 0.988. The summed E-state index contributed by atoms with van der Waals surface area (Å²) in [7, 11) is 0. The maximum Gasteiger partial charge on any atom is 0.205 e. The highest BCUT2D eigenvalue weighted by molar-refractivity contribution is 7.09. The minimum atomic E-state index is -0.0222. The molecule has 5 heteroatoms. The Morgan fingerprint density at radius 1 is 1.62 bits per heavy atom. The second-order valence-electron chi connectivity index (χ2n) is 3.97. The van der Waals surface area contributed by atoms with Crippen molar-refractivity contribution < 1.29 is 0 Å². The van der Waals surface area contributed by atoms with Crippen LogP contribution in [0, 0.1) is 5.92 Å². The summed E-state index contributed by atoms with van der Waals surface area (Å²) in [6, 6.07) is 0. The van der Waals surface area contributed by atoms with Crippen LogP contribution in [-0.2, 0) is 0 Å². The molecule has 1 aromatic heterocycles. The van der Waals surface area contributed by atoms with Crippen molar-refractivity contribution in [2.45, 2.75) is 19.4 Å². The van der Waals surface area contributed by atoms with Gasteiger partial charge in [-0.3, -0.25) is 0 Å². The molecule has 2 N–H and O–H groups in total. The molecule has 0 bridgehead atoms. The molecule has 1 aliphatic heterocycles. The summed E-state index contributed by atoms with van der Waals surface area (Å²) in [4.78, 5) is 6.32. The van der Waals surface area contributed by atoms with Gasteiger partial charge in [-0.1, -0.05) is 13.8 Å². The molecule has 0 unspecified atom stereocenters. The second kappa shape index (κ2) is 2.92. The molecule has 0 amide bonds. The summed E-state index contributed by atoms with van der Waals surface area (Å²) < 4.78 is 3.97. The molecule has 1 fully saturated rings. The Labute approximate surface area is 81.9 Å². The molecule has 13 heavy (non-hydrogen) atoms. The third kappa shape index (κ3) is 1.42. The SMILES string of the molecule is CC(C)C1(N)CN(c2ncns2)C1. The zero-order valence-corrected chi connectivity index (χ0v) is 8.71. The van der Waals surface area contributed by atoms with E-state index in [1.54, 1.807) is 6.33 Å². The first-order chi connectivity index (χ1) is 6.12. The van der Waals surface area contributed by atoms with E-state index in [-0.39, 0.29) is 5.54 Å². The lowest BCUT2D eigenvalue weighted by Crippen LogP contribution is -2.70. The van der Waals surface area contributed by atoms with Gasteiger partial charge in [-0.2, -0.15) is 4.37 Å². The van der Waals surface area contributed by atoms with Gasteiger partial charge in [0.2, 0.25) is 5.13 Å². The molecule has 2 rings (SSSR count). The Morgan fingerprint density at radius 2 is 2.31 bits per heavy atom. The summed E-state index contributed by atoms with van der Waals surface area (Å²) in [5.74, 6) is 0.525. The Bertz CT molecular complexity index is 276. The lowest BCUT2D eigenvalue weighted by molar-refractivity contribution is 0.245. The van der Waals surface area contributed by atoms with Crippen LogP contribution in [0.1, 0.15) is 13.8 Å². The topological polar surface area (TPSA) is 55.0 Å². The minimum absolute atomic E-state index is 0.0222. The fraction of sp³-hybridized carbons (Fsp3) is 0.750. The lowest BCUT2D eigenvalue weighted by atomic mass is 9.81. The fourth-order valence-electron chi connectivity index (χ4n) is 1.47. The summed E-state index contributed by atoms with van der Waals surface area (Å²) >= 11 is 1.43. The van der Waals surface area contributed by atoms with Gasteiger partial charge in [0.25, 0.3) is 0 Å². The van der Waals surface area contributed by atoms with E-state index < -0.39 is 0 Å². The van der Waals surface area contributed by atoms with Crippen molar-refractivity contribution in [3.63, 3.8) is 0 Å². The number of anilines is 1. The lowest BCUT2D eigenvalue weighted by Gasteiger charge is -2.50. The van der Waals surface area contributed by atoms with E-state index >= 15 is 0 Å². The van der Waals surface area contributed by atoms with Crippen molar-refractivity contribution >= 4 is 16.7 Å². The average Bonchev–Trinajstić information content (AvgIpc) is 2.49. The molecule has 1 saturated heterocycles. The minimum Gasteiger partial charge on any atom is -0.343 e. The molecule has 0 saturated carbocycles. The number of hydrogen-bond acceptors (Lipinski definition) is 5. The van der Waals surface area contributed by atoms with Crippen LogP contribution in [-0.4, -0.2) is 28.0 Å². The van der Waals surface area contributed by atoms with Crippen LogP contribution in [0.3, 0.4) is 0 Å². The number of rotatable bonds is 2. The van der Waals surface area contributed by atoms with E-state index in [4.69, 9.17) is 5.73 Å². The standard InChI is InChI=1S/C8H14N4S/c1-6(2)8(9)3-12(4-8)7-10-5-11-13-7/h5-6H,3-4,9H2,1-2H3. The maximum atomic E-state index is 6.16. The zero-order chi connectivity index (χ0) is 9.47. The molecule has 0 atom stereocenters. The molecular weight excluding hydrogens is 184 g/mol. The Kier molecular flexibility index (Phi) is 2.00. The van der Waals surface area contributed by atoms with Gasteiger partial charge in [0.1, 0.15) is 6.33 Å². The van der Waals surface area contributed by atoms with Gasteiger partial charge < -0.3 is 10.6 Å². The van der Waals surface area contributed by atoms with Crippen molar-refractivity contribution in [1.29, 1.82) is 0 Å². The van der Waals surface area contributed by atoms with E-state index in [0.717, 1.165) is 18.2 Å². The molecule has 1 aliphatic rings. The molecule has 0 aromatic carbocycles. The van der Waals surface area contributed by atoms with Crippen LogP contribution in [0.15, 0.2) is 6.33 Å². The zero-order valence-electron chi connectivity index (χ0n) is 7.90. The Morgan fingerprint density at radius 3 is 2.77 bits per heavy atom. The highest BCUT2D eigenvalue weighted by atomic mass is 32.1. The quantitative estimate of drug-likeness (QED) is 0.760. The summed E-state index contributed by atoms with van der Waals surface area (Å²) in [5.41, 5.74) is 6.13. The van der Waals surface area contributed by atoms with Crippen molar-refractivity contribution in [1.82, 2.24) is 9.36 Å². The Hall–Kier alpha value is -0.680. The average molecular weight is 198 g/mol. The third-order valence-corrected chi connectivity index (χ3v) is 3.47. The van der Waals surface area contributed by atoms with Gasteiger partial charge in [-0.25, -0.2) is 4.98 Å². The highest BCUT2D eigenvalue weighted by Crippen LogP contribution is 2.30. The first-order valence-electron chi connectivity index (χ1n) is 4.42. The second-order valence-corrected chi connectivity index (χ2v) is 4.73. The van der Waals surface area contributed by atoms with Crippen molar-refractivity contribution in [2.24, 2.45) is 11.7 Å². The fourth-order valence-corrected chi connectivity index (χ4v) is 2.00. The van der Waals surface area contributed by atoms with Gasteiger partial charge in [0.05, 0.1) is 5.54 Å². The molecule has 2 heterocycles. The molecule has 0 radical (unpaired) electrons. The van der Waals surface area contributed by atoms with Crippen LogP contribution >= 0.6 is 11.5 Å². The van der Waals surface area contributed by atoms with E-state index in [9.17, 15) is 0 Å². The van der Waals surface area contributed by atoms with Gasteiger partial charge in [0.15, 0.2) is 0 Å². The maximum absolute atomic E-state index is 6.16. The number of nitrogens with zero attached hydrogens (tertiary/aromatic N) is 3. The normalized spacial score (nSPS) is 20.5. The largest absolute Gasteiger partial charge is 0.343 e. The molecular formula is C8H14N4S. The molecule has 72 valence electrons. The molecule has 0 spiro atoms. The number of hydrogen-bond donors (Lipinski definition) is 1. The van der Waals surface area contributed by atoms with E-state index in [0.29, 0.717) is 5.92 Å². The smallest absolute Gasteiger partial charge is 0.205 e. The van der Waals surface area contributed by atoms with Crippen LogP contribution in [0.5, 0.6) is 0 Å². The van der Waals surface area contributed by atoms with Crippen LogP contribution in [0.4, 0.5) is 5.13 Å². The van der Waals surface area contributed by atoms with Crippen molar-refractivity contribution in [3.05, 3.63) is 6.33 Å². The number of nitrogens with two attached hydrogens (primary N) is 1. The van der Waals surface area contributed by atoms with E-state index in [1.807, 2.05) is 0 Å². The van der Waals surface area contributed by atoms with Crippen LogP contribution in [0.2, 0.25) is 0 Å². The van der Waals surface area contributed by atoms with Crippen LogP contribution < -0.4 is 10.6 Å². The predicted molar refractivity (Wildman–Crippen MR) is 53.9 cm³/mol. The molecule has 4 nitrogen and oxygen atoms in total. The van der Waals surface area contributed by atoms with Gasteiger partial charge in [-0.15, -0.1) is 0 Å². The van der Waals surface area contributed by atoms with E-state index in [2.05, 4.69) is 28.1 Å². The molecule has 1 aromatic rings. The van der Waals surface area contributed by atoms with Crippen molar-refractivity contribution in [3.8, 4) is 0 Å².